The van der Waals surface area contributed by atoms with Crippen molar-refractivity contribution in [2.75, 3.05) is 6.54 Å². The molecular weight excluding hydrogens is 198 g/mol. The Kier molecular flexibility index (Phi) is 3.22. The van der Waals surface area contributed by atoms with Crippen molar-refractivity contribution in [3.63, 3.8) is 0 Å². The van der Waals surface area contributed by atoms with Crippen LogP contribution >= 0.6 is 11.6 Å². The molecule has 80 valence electrons. The first-order valence-electron chi connectivity index (χ1n) is 4.79. The zero-order valence-corrected chi connectivity index (χ0v) is 10.0. The maximum atomic E-state index is 6.10. The van der Waals surface area contributed by atoms with Crippen molar-refractivity contribution >= 4 is 11.6 Å². The Morgan fingerprint density at radius 1 is 1.43 bits per heavy atom. The summed E-state index contributed by atoms with van der Waals surface area (Å²) in [5.74, 6) is 0.961. The van der Waals surface area contributed by atoms with E-state index >= 15 is 0 Å². The van der Waals surface area contributed by atoms with E-state index in [1.807, 2.05) is 7.05 Å². The van der Waals surface area contributed by atoms with E-state index in [0.717, 1.165) is 17.9 Å². The van der Waals surface area contributed by atoms with Gasteiger partial charge in [-0.05, 0) is 6.54 Å². The second kappa shape index (κ2) is 3.91. The second-order valence-corrected chi connectivity index (χ2v) is 4.87. The van der Waals surface area contributed by atoms with Crippen molar-refractivity contribution in [1.82, 2.24) is 9.55 Å². The van der Waals surface area contributed by atoms with E-state index < -0.39 is 0 Å². The number of rotatable bonds is 2. The Bertz CT molecular complexity index is 323. The third kappa shape index (κ3) is 2.10. The largest absolute Gasteiger partial charge is 0.333 e. The van der Waals surface area contributed by atoms with Crippen LogP contribution in [0.1, 0.15) is 32.3 Å². The highest BCUT2D eigenvalue weighted by Crippen LogP contribution is 2.29. The molecule has 1 aromatic heterocycles. The van der Waals surface area contributed by atoms with Gasteiger partial charge in [0.05, 0.1) is 5.69 Å². The molecular formula is C10H18ClN3. The van der Waals surface area contributed by atoms with Crippen LogP contribution in [0.3, 0.4) is 0 Å². The molecule has 14 heavy (non-hydrogen) atoms. The molecule has 0 aliphatic carbocycles. The summed E-state index contributed by atoms with van der Waals surface area (Å²) in [6.07, 6.45) is 0.770. The van der Waals surface area contributed by atoms with Gasteiger partial charge in [0.15, 0.2) is 5.15 Å². The van der Waals surface area contributed by atoms with Crippen molar-refractivity contribution in [2.24, 2.45) is 12.8 Å². The van der Waals surface area contributed by atoms with Gasteiger partial charge in [0.25, 0.3) is 0 Å². The summed E-state index contributed by atoms with van der Waals surface area (Å²) in [6, 6.07) is 0. The van der Waals surface area contributed by atoms with Gasteiger partial charge in [0, 0.05) is 18.9 Å². The minimum atomic E-state index is 0.0195. The fraction of sp³-hybridized carbons (Fsp3) is 0.700. The Morgan fingerprint density at radius 3 is 2.36 bits per heavy atom. The lowest BCUT2D eigenvalue weighted by Gasteiger charge is -2.20. The van der Waals surface area contributed by atoms with E-state index in [0.29, 0.717) is 11.7 Å². The van der Waals surface area contributed by atoms with E-state index in [-0.39, 0.29) is 5.41 Å². The maximum absolute atomic E-state index is 6.10. The van der Waals surface area contributed by atoms with Gasteiger partial charge in [-0.2, -0.15) is 0 Å². The number of aromatic nitrogens is 2. The highest BCUT2D eigenvalue weighted by Gasteiger charge is 2.24. The van der Waals surface area contributed by atoms with Gasteiger partial charge < -0.3 is 10.3 Å². The van der Waals surface area contributed by atoms with Gasteiger partial charge in [-0.3, -0.25) is 0 Å². The first-order valence-corrected chi connectivity index (χ1v) is 5.17. The van der Waals surface area contributed by atoms with Crippen LogP contribution in [0.2, 0.25) is 5.15 Å². The van der Waals surface area contributed by atoms with Gasteiger partial charge in [-0.25, -0.2) is 4.98 Å². The SMILES string of the molecule is Cn1c(CCN)nc(Cl)c1C(C)(C)C. The van der Waals surface area contributed by atoms with E-state index in [4.69, 9.17) is 17.3 Å². The quantitative estimate of drug-likeness (QED) is 0.819. The van der Waals surface area contributed by atoms with Gasteiger partial charge in [-0.1, -0.05) is 32.4 Å². The molecule has 0 bridgehead atoms. The number of imidazole rings is 1. The summed E-state index contributed by atoms with van der Waals surface area (Å²) in [4.78, 5) is 4.31. The van der Waals surface area contributed by atoms with Crippen molar-refractivity contribution in [1.29, 1.82) is 0 Å². The number of halogens is 1. The standard InChI is InChI=1S/C10H18ClN3/c1-10(2,3)8-9(11)13-7(5-6-12)14(8)4/h5-6,12H2,1-4H3. The Balaban J connectivity index is 3.18. The van der Waals surface area contributed by atoms with Crippen molar-refractivity contribution in [2.45, 2.75) is 32.6 Å². The number of nitrogens with two attached hydrogens (primary N) is 1. The minimum absolute atomic E-state index is 0.0195. The number of hydrogen-bond donors (Lipinski definition) is 1. The van der Waals surface area contributed by atoms with Gasteiger partial charge >= 0.3 is 0 Å². The summed E-state index contributed by atoms with van der Waals surface area (Å²) in [6.45, 7) is 6.98. The molecule has 0 unspecified atom stereocenters. The average Bonchev–Trinajstić information content (AvgIpc) is 2.26. The third-order valence-electron chi connectivity index (χ3n) is 2.22. The monoisotopic (exact) mass is 215 g/mol. The molecule has 0 spiro atoms. The Morgan fingerprint density at radius 2 is 2.00 bits per heavy atom. The topological polar surface area (TPSA) is 43.8 Å². The predicted molar refractivity (Wildman–Crippen MR) is 59.7 cm³/mol. The summed E-state index contributed by atoms with van der Waals surface area (Å²) < 4.78 is 2.05. The van der Waals surface area contributed by atoms with Crippen molar-refractivity contribution in [3.8, 4) is 0 Å². The van der Waals surface area contributed by atoms with Gasteiger partial charge in [0.1, 0.15) is 5.82 Å². The van der Waals surface area contributed by atoms with Crippen molar-refractivity contribution in [3.05, 3.63) is 16.7 Å². The fourth-order valence-corrected chi connectivity index (χ4v) is 2.18. The molecule has 0 fully saturated rings. The molecule has 0 aliphatic rings. The normalized spacial score (nSPS) is 12.1. The van der Waals surface area contributed by atoms with Crippen LogP contribution in [0.5, 0.6) is 0 Å². The highest BCUT2D eigenvalue weighted by molar-refractivity contribution is 6.30. The third-order valence-corrected chi connectivity index (χ3v) is 2.49. The molecule has 0 atom stereocenters. The maximum Gasteiger partial charge on any atom is 0.151 e. The molecule has 0 saturated carbocycles. The fourth-order valence-electron chi connectivity index (χ4n) is 1.67. The average molecular weight is 216 g/mol. The molecule has 4 heteroatoms. The van der Waals surface area contributed by atoms with Crippen LogP contribution in [0.4, 0.5) is 0 Å². The Labute approximate surface area is 90.3 Å². The number of nitrogens with zero attached hydrogens (tertiary/aromatic N) is 2. The molecule has 2 N–H and O–H groups in total. The summed E-state index contributed by atoms with van der Waals surface area (Å²) in [5, 5.41) is 0.600. The smallest absolute Gasteiger partial charge is 0.151 e. The van der Waals surface area contributed by atoms with Crippen LogP contribution in [-0.2, 0) is 18.9 Å². The van der Waals surface area contributed by atoms with Crippen LogP contribution in [-0.4, -0.2) is 16.1 Å². The zero-order valence-electron chi connectivity index (χ0n) is 9.26. The molecule has 1 heterocycles. The molecule has 0 aliphatic heterocycles. The molecule has 0 saturated heterocycles. The predicted octanol–water partition coefficient (Wildman–Crippen LogP) is 1.87. The lowest BCUT2D eigenvalue weighted by Crippen LogP contribution is -2.18. The molecule has 3 nitrogen and oxygen atoms in total. The molecule has 0 radical (unpaired) electrons. The lowest BCUT2D eigenvalue weighted by molar-refractivity contribution is 0.537. The highest BCUT2D eigenvalue weighted by atomic mass is 35.5. The van der Waals surface area contributed by atoms with E-state index in [2.05, 4.69) is 30.3 Å². The molecule has 0 amide bonds. The number of hydrogen-bond acceptors (Lipinski definition) is 2. The second-order valence-electron chi connectivity index (χ2n) is 4.52. The molecule has 0 aromatic carbocycles. The van der Waals surface area contributed by atoms with E-state index in [9.17, 15) is 0 Å². The Hall–Kier alpha value is -0.540. The van der Waals surface area contributed by atoms with Crippen molar-refractivity contribution < 1.29 is 0 Å². The first-order chi connectivity index (χ1) is 6.38. The first kappa shape index (κ1) is 11.5. The summed E-state index contributed by atoms with van der Waals surface area (Å²) in [5.41, 5.74) is 6.59. The minimum Gasteiger partial charge on any atom is -0.333 e. The zero-order chi connectivity index (χ0) is 10.9. The lowest BCUT2D eigenvalue weighted by atomic mass is 9.92. The van der Waals surface area contributed by atoms with E-state index in [1.54, 1.807) is 0 Å². The van der Waals surface area contributed by atoms with Crippen LogP contribution in [0.15, 0.2) is 0 Å². The summed E-state index contributed by atoms with van der Waals surface area (Å²) in [7, 11) is 1.99. The van der Waals surface area contributed by atoms with Crippen LogP contribution in [0.25, 0.3) is 0 Å². The van der Waals surface area contributed by atoms with Gasteiger partial charge in [-0.15, -0.1) is 0 Å². The van der Waals surface area contributed by atoms with Crippen LogP contribution in [0, 0.1) is 0 Å². The van der Waals surface area contributed by atoms with E-state index in [1.165, 1.54) is 0 Å². The molecule has 1 aromatic rings. The summed E-state index contributed by atoms with van der Waals surface area (Å²) >= 11 is 6.10. The molecule has 1 rings (SSSR count). The van der Waals surface area contributed by atoms with Gasteiger partial charge in [0.2, 0.25) is 0 Å². The van der Waals surface area contributed by atoms with Crippen LogP contribution < -0.4 is 5.73 Å².